The van der Waals surface area contributed by atoms with Crippen LogP contribution in [-0.2, 0) is 11.3 Å². The summed E-state index contributed by atoms with van der Waals surface area (Å²) in [6, 6.07) is 0.266. The van der Waals surface area contributed by atoms with Crippen molar-refractivity contribution in [2.45, 2.75) is 19.5 Å². The number of nitrogens with zero attached hydrogens (tertiary/aromatic N) is 1. The Kier molecular flexibility index (Phi) is 3.81. The van der Waals surface area contributed by atoms with E-state index in [-0.39, 0.29) is 0 Å². The molecule has 0 radical (unpaired) electrons. The van der Waals surface area contributed by atoms with Crippen LogP contribution >= 0.6 is 0 Å². The van der Waals surface area contributed by atoms with Crippen LogP contribution in [0.5, 0.6) is 0 Å². The highest BCUT2D eigenvalue weighted by Gasteiger charge is 2.13. The molecule has 1 rings (SSSR count). The standard InChI is InChI=1S/C8H12N4O3/c1-5(7(13)12-8(9)14)10-4-6-2-3-11-15-6/h2-3,5,10H,4H2,1H3,(H3,9,12,13,14). The summed E-state index contributed by atoms with van der Waals surface area (Å²) in [5, 5.41) is 8.30. The van der Waals surface area contributed by atoms with Crippen LogP contribution in [0.1, 0.15) is 12.7 Å². The van der Waals surface area contributed by atoms with E-state index in [1.54, 1.807) is 13.0 Å². The van der Waals surface area contributed by atoms with Gasteiger partial charge in [-0.2, -0.15) is 0 Å². The van der Waals surface area contributed by atoms with Gasteiger partial charge in [0.2, 0.25) is 5.91 Å². The van der Waals surface area contributed by atoms with Crippen LogP contribution in [0.3, 0.4) is 0 Å². The predicted molar refractivity (Wildman–Crippen MR) is 50.5 cm³/mol. The van der Waals surface area contributed by atoms with Crippen LogP contribution in [0.4, 0.5) is 4.79 Å². The number of nitrogens with two attached hydrogens (primary N) is 1. The number of hydrogen-bond acceptors (Lipinski definition) is 5. The Morgan fingerprint density at radius 3 is 2.93 bits per heavy atom. The molecule has 1 aromatic heterocycles. The molecule has 7 nitrogen and oxygen atoms in total. The summed E-state index contributed by atoms with van der Waals surface area (Å²) in [7, 11) is 0. The average molecular weight is 212 g/mol. The molecule has 0 fully saturated rings. The molecule has 3 amide bonds. The van der Waals surface area contributed by atoms with Crippen LogP contribution in [0.2, 0.25) is 0 Å². The van der Waals surface area contributed by atoms with Gasteiger partial charge in [-0.05, 0) is 6.92 Å². The second-order valence-electron chi connectivity index (χ2n) is 2.93. The van der Waals surface area contributed by atoms with Crippen molar-refractivity contribution in [2.75, 3.05) is 0 Å². The molecular formula is C8H12N4O3. The Morgan fingerprint density at radius 2 is 2.40 bits per heavy atom. The number of hydrogen-bond donors (Lipinski definition) is 3. The van der Waals surface area contributed by atoms with Gasteiger partial charge in [-0.25, -0.2) is 4.79 Å². The van der Waals surface area contributed by atoms with Crippen LogP contribution < -0.4 is 16.4 Å². The highest BCUT2D eigenvalue weighted by atomic mass is 16.5. The first-order valence-corrected chi connectivity index (χ1v) is 4.33. The van der Waals surface area contributed by atoms with E-state index in [4.69, 9.17) is 10.3 Å². The lowest BCUT2D eigenvalue weighted by Crippen LogP contribution is -2.46. The minimum Gasteiger partial charge on any atom is -0.360 e. The van der Waals surface area contributed by atoms with Gasteiger partial charge in [-0.3, -0.25) is 15.4 Å². The summed E-state index contributed by atoms with van der Waals surface area (Å²) in [6.07, 6.45) is 1.51. The van der Waals surface area contributed by atoms with Gasteiger partial charge in [0, 0.05) is 6.07 Å². The molecule has 4 N–H and O–H groups in total. The van der Waals surface area contributed by atoms with E-state index in [0.29, 0.717) is 12.3 Å². The van der Waals surface area contributed by atoms with Gasteiger partial charge in [-0.1, -0.05) is 5.16 Å². The van der Waals surface area contributed by atoms with E-state index < -0.39 is 18.0 Å². The smallest absolute Gasteiger partial charge is 0.318 e. The summed E-state index contributed by atoms with van der Waals surface area (Å²) < 4.78 is 4.81. The number of nitrogens with one attached hydrogen (secondary N) is 2. The molecule has 0 aliphatic carbocycles. The van der Waals surface area contributed by atoms with Crippen LogP contribution in [-0.4, -0.2) is 23.1 Å². The number of primary amides is 1. The monoisotopic (exact) mass is 212 g/mol. The van der Waals surface area contributed by atoms with E-state index in [1.807, 2.05) is 5.32 Å². The van der Waals surface area contributed by atoms with Crippen molar-refractivity contribution in [1.82, 2.24) is 15.8 Å². The third kappa shape index (κ3) is 3.77. The fraction of sp³-hybridized carbons (Fsp3) is 0.375. The molecule has 0 saturated carbocycles. The molecule has 82 valence electrons. The zero-order valence-electron chi connectivity index (χ0n) is 8.19. The number of imide groups is 1. The molecule has 1 unspecified atom stereocenters. The Balaban J connectivity index is 2.32. The van der Waals surface area contributed by atoms with Crippen LogP contribution in [0.15, 0.2) is 16.8 Å². The maximum atomic E-state index is 11.2. The first-order valence-electron chi connectivity index (χ1n) is 4.33. The van der Waals surface area contributed by atoms with Gasteiger partial charge in [0.15, 0.2) is 0 Å². The minimum atomic E-state index is -0.867. The molecule has 1 atom stereocenters. The maximum absolute atomic E-state index is 11.2. The Hall–Kier alpha value is -1.89. The van der Waals surface area contributed by atoms with Crippen molar-refractivity contribution in [2.24, 2.45) is 5.73 Å². The second kappa shape index (κ2) is 5.11. The van der Waals surface area contributed by atoms with Gasteiger partial charge in [0.25, 0.3) is 0 Å². The van der Waals surface area contributed by atoms with Crippen molar-refractivity contribution in [1.29, 1.82) is 0 Å². The number of rotatable bonds is 4. The molecule has 0 aliphatic heterocycles. The van der Waals surface area contributed by atoms with Crippen molar-refractivity contribution in [3.8, 4) is 0 Å². The lowest BCUT2D eigenvalue weighted by molar-refractivity contribution is -0.121. The molecule has 1 aromatic rings. The summed E-state index contributed by atoms with van der Waals surface area (Å²) in [4.78, 5) is 21.6. The molecule has 7 heteroatoms. The quantitative estimate of drug-likeness (QED) is 0.614. The molecule has 1 heterocycles. The zero-order valence-corrected chi connectivity index (χ0v) is 8.19. The summed E-state index contributed by atoms with van der Waals surface area (Å²) >= 11 is 0. The molecular weight excluding hydrogens is 200 g/mol. The second-order valence-corrected chi connectivity index (χ2v) is 2.93. The van der Waals surface area contributed by atoms with Crippen molar-refractivity contribution < 1.29 is 14.1 Å². The fourth-order valence-electron chi connectivity index (χ4n) is 0.909. The predicted octanol–water partition coefficient (Wildman–Crippen LogP) is -0.652. The third-order valence-corrected chi connectivity index (χ3v) is 1.71. The fourth-order valence-corrected chi connectivity index (χ4v) is 0.909. The van der Waals surface area contributed by atoms with E-state index >= 15 is 0 Å². The van der Waals surface area contributed by atoms with Crippen molar-refractivity contribution >= 4 is 11.9 Å². The van der Waals surface area contributed by atoms with Crippen molar-refractivity contribution in [3.63, 3.8) is 0 Å². The van der Waals surface area contributed by atoms with Gasteiger partial charge >= 0.3 is 6.03 Å². The first-order chi connectivity index (χ1) is 7.09. The molecule has 0 spiro atoms. The lowest BCUT2D eigenvalue weighted by Gasteiger charge is -2.10. The van der Waals surface area contributed by atoms with Gasteiger partial charge in [-0.15, -0.1) is 0 Å². The van der Waals surface area contributed by atoms with E-state index in [2.05, 4.69) is 10.5 Å². The molecule has 0 aromatic carbocycles. The van der Waals surface area contributed by atoms with E-state index in [1.165, 1.54) is 6.20 Å². The summed E-state index contributed by atoms with van der Waals surface area (Å²) in [6.45, 7) is 1.96. The average Bonchev–Trinajstić information content (AvgIpc) is 2.65. The lowest BCUT2D eigenvalue weighted by atomic mass is 10.3. The summed E-state index contributed by atoms with van der Waals surface area (Å²) in [5.74, 6) is 0.121. The number of carbonyl (C=O) groups is 2. The highest BCUT2D eigenvalue weighted by Crippen LogP contribution is 1.96. The molecule has 15 heavy (non-hydrogen) atoms. The zero-order chi connectivity index (χ0) is 11.3. The topological polar surface area (TPSA) is 110 Å². The number of aromatic nitrogens is 1. The van der Waals surface area contributed by atoms with Crippen molar-refractivity contribution in [3.05, 3.63) is 18.0 Å². The third-order valence-electron chi connectivity index (χ3n) is 1.71. The Morgan fingerprint density at radius 1 is 1.67 bits per heavy atom. The van der Waals surface area contributed by atoms with E-state index in [9.17, 15) is 9.59 Å². The largest absolute Gasteiger partial charge is 0.360 e. The summed E-state index contributed by atoms with van der Waals surface area (Å²) in [5.41, 5.74) is 4.79. The number of carbonyl (C=O) groups excluding carboxylic acids is 2. The van der Waals surface area contributed by atoms with Gasteiger partial charge in [0.05, 0.1) is 18.8 Å². The molecule has 0 saturated heterocycles. The normalized spacial score (nSPS) is 12.1. The number of amides is 3. The Bertz CT molecular complexity index is 336. The minimum absolute atomic E-state index is 0.355. The van der Waals surface area contributed by atoms with Gasteiger partial charge in [0.1, 0.15) is 5.76 Å². The van der Waals surface area contributed by atoms with Crippen LogP contribution in [0.25, 0.3) is 0 Å². The maximum Gasteiger partial charge on any atom is 0.318 e. The number of urea groups is 1. The highest BCUT2D eigenvalue weighted by molar-refractivity contribution is 5.96. The van der Waals surface area contributed by atoms with E-state index in [0.717, 1.165) is 0 Å². The van der Waals surface area contributed by atoms with Gasteiger partial charge < -0.3 is 10.3 Å². The Labute approximate surface area is 86.0 Å². The molecule has 0 bridgehead atoms. The SMILES string of the molecule is CC(NCc1ccno1)C(=O)NC(N)=O. The van der Waals surface area contributed by atoms with Crippen LogP contribution in [0, 0.1) is 0 Å². The molecule has 0 aliphatic rings. The first kappa shape index (κ1) is 11.2.